The van der Waals surface area contributed by atoms with Crippen LogP contribution in [0, 0.1) is 6.92 Å². The van der Waals surface area contributed by atoms with Gasteiger partial charge in [-0.15, -0.1) is 0 Å². The maximum Gasteiger partial charge on any atom is 0.243 e. The molecule has 0 fully saturated rings. The van der Waals surface area contributed by atoms with E-state index in [1.54, 1.807) is 31.2 Å². The number of rotatable bonds is 7. The lowest BCUT2D eigenvalue weighted by atomic mass is 10.1. The van der Waals surface area contributed by atoms with E-state index in [4.69, 9.17) is 4.74 Å². The van der Waals surface area contributed by atoms with E-state index < -0.39 is 16.1 Å². The minimum absolute atomic E-state index is 0.338. The highest BCUT2D eigenvalue weighted by atomic mass is 32.2. The van der Waals surface area contributed by atoms with E-state index in [2.05, 4.69) is 5.32 Å². The number of methoxy groups -OCH3 is 1. The molecule has 1 atom stereocenters. The Morgan fingerprint density at radius 3 is 2.38 bits per heavy atom. The quantitative estimate of drug-likeness (QED) is 0.805. The Kier molecular flexibility index (Phi) is 6.26. The molecule has 7 heteroatoms. The molecule has 1 amide bonds. The van der Waals surface area contributed by atoms with Crippen molar-refractivity contribution in [2.75, 3.05) is 17.7 Å². The van der Waals surface area contributed by atoms with Crippen molar-refractivity contribution in [1.82, 2.24) is 5.32 Å². The second-order valence-electron chi connectivity index (χ2n) is 6.14. The number of sulfonamides is 1. The van der Waals surface area contributed by atoms with Crippen molar-refractivity contribution in [1.29, 1.82) is 0 Å². The van der Waals surface area contributed by atoms with Crippen LogP contribution in [0.2, 0.25) is 0 Å². The predicted octanol–water partition coefficient (Wildman–Crippen LogP) is 2.47. The number of anilines is 1. The van der Waals surface area contributed by atoms with Gasteiger partial charge in [0.05, 0.1) is 19.1 Å². The summed E-state index contributed by atoms with van der Waals surface area (Å²) >= 11 is 0. The number of carbonyl (C=O) groups is 1. The molecule has 0 heterocycles. The highest BCUT2D eigenvalue weighted by Gasteiger charge is 2.28. The lowest BCUT2D eigenvalue weighted by Crippen LogP contribution is -2.47. The van der Waals surface area contributed by atoms with Crippen molar-refractivity contribution >= 4 is 21.6 Å². The zero-order chi connectivity index (χ0) is 19.3. The fourth-order valence-corrected chi connectivity index (χ4v) is 3.87. The molecule has 2 aromatic carbocycles. The second kappa shape index (κ2) is 8.23. The molecule has 26 heavy (non-hydrogen) atoms. The topological polar surface area (TPSA) is 75.7 Å². The van der Waals surface area contributed by atoms with Crippen LogP contribution in [0.1, 0.15) is 18.1 Å². The molecule has 1 unspecified atom stereocenters. The first-order valence-corrected chi connectivity index (χ1v) is 10.0. The minimum Gasteiger partial charge on any atom is -0.497 e. The fraction of sp³-hybridized carbons (Fsp3) is 0.316. The Bertz CT molecular complexity index is 863. The lowest BCUT2D eigenvalue weighted by Gasteiger charge is -2.28. The monoisotopic (exact) mass is 376 g/mol. The number of hydrogen-bond donors (Lipinski definition) is 1. The van der Waals surface area contributed by atoms with Gasteiger partial charge >= 0.3 is 0 Å². The number of ether oxygens (including phenoxy) is 1. The first kappa shape index (κ1) is 19.8. The van der Waals surface area contributed by atoms with Crippen LogP contribution in [0.15, 0.2) is 48.5 Å². The van der Waals surface area contributed by atoms with E-state index in [0.717, 1.165) is 21.7 Å². The lowest BCUT2D eigenvalue weighted by molar-refractivity contribution is -0.122. The molecule has 0 aliphatic heterocycles. The van der Waals surface area contributed by atoms with Crippen LogP contribution in [-0.4, -0.2) is 33.7 Å². The van der Waals surface area contributed by atoms with Crippen molar-refractivity contribution in [2.24, 2.45) is 0 Å². The molecule has 0 saturated carbocycles. The number of carbonyl (C=O) groups excluding carboxylic acids is 1. The summed E-state index contributed by atoms with van der Waals surface area (Å²) in [6, 6.07) is 13.4. The van der Waals surface area contributed by atoms with Crippen molar-refractivity contribution < 1.29 is 17.9 Å². The molecule has 2 aromatic rings. The van der Waals surface area contributed by atoms with E-state index >= 15 is 0 Å². The van der Waals surface area contributed by atoms with Gasteiger partial charge in [0.1, 0.15) is 11.8 Å². The molecular weight excluding hydrogens is 352 g/mol. The van der Waals surface area contributed by atoms with E-state index in [1.807, 2.05) is 31.2 Å². The SMILES string of the molecule is COc1ccc(N(C(C)C(=O)NCc2cccc(C)c2)S(C)(=O)=O)cc1. The molecule has 1 N–H and O–H groups in total. The second-order valence-corrected chi connectivity index (χ2v) is 8.00. The van der Waals surface area contributed by atoms with Crippen LogP contribution in [-0.2, 0) is 21.4 Å². The van der Waals surface area contributed by atoms with Gasteiger partial charge < -0.3 is 10.1 Å². The summed E-state index contributed by atoms with van der Waals surface area (Å²) in [7, 11) is -2.11. The van der Waals surface area contributed by atoms with Crippen LogP contribution >= 0.6 is 0 Å². The van der Waals surface area contributed by atoms with Gasteiger partial charge in [-0.2, -0.15) is 0 Å². The van der Waals surface area contributed by atoms with Crippen LogP contribution in [0.4, 0.5) is 5.69 Å². The van der Waals surface area contributed by atoms with Gasteiger partial charge in [-0.3, -0.25) is 9.10 Å². The van der Waals surface area contributed by atoms with Gasteiger partial charge in [0.2, 0.25) is 15.9 Å². The molecule has 6 nitrogen and oxygen atoms in total. The molecule has 0 aliphatic carbocycles. The molecule has 0 aromatic heterocycles. The molecular formula is C19H24N2O4S. The van der Waals surface area contributed by atoms with Gasteiger partial charge in [-0.1, -0.05) is 29.8 Å². The van der Waals surface area contributed by atoms with E-state index in [0.29, 0.717) is 18.0 Å². The zero-order valence-corrected chi connectivity index (χ0v) is 16.2. The predicted molar refractivity (Wildman–Crippen MR) is 103 cm³/mol. The fourth-order valence-electron chi connectivity index (χ4n) is 2.70. The molecule has 0 saturated heterocycles. The summed E-state index contributed by atoms with van der Waals surface area (Å²) in [6.45, 7) is 3.88. The third-order valence-corrected chi connectivity index (χ3v) is 5.21. The molecule has 0 spiro atoms. The Labute approximate surface area is 154 Å². The maximum atomic E-state index is 12.5. The Hall–Kier alpha value is -2.54. The van der Waals surface area contributed by atoms with Crippen molar-refractivity contribution in [3.63, 3.8) is 0 Å². The third-order valence-electron chi connectivity index (χ3n) is 3.96. The summed E-state index contributed by atoms with van der Waals surface area (Å²) in [5.74, 6) is 0.242. The highest BCUT2D eigenvalue weighted by Crippen LogP contribution is 2.23. The zero-order valence-electron chi connectivity index (χ0n) is 15.4. The summed E-state index contributed by atoms with van der Waals surface area (Å²) in [6.07, 6.45) is 1.08. The van der Waals surface area contributed by atoms with Crippen molar-refractivity contribution in [2.45, 2.75) is 26.4 Å². The molecule has 0 radical (unpaired) electrons. The average molecular weight is 376 g/mol. The Balaban J connectivity index is 2.17. The van der Waals surface area contributed by atoms with E-state index in [9.17, 15) is 13.2 Å². The first-order chi connectivity index (χ1) is 12.2. The minimum atomic E-state index is -3.64. The van der Waals surface area contributed by atoms with Gasteiger partial charge in [0.15, 0.2) is 0 Å². The van der Waals surface area contributed by atoms with Gasteiger partial charge in [-0.25, -0.2) is 8.42 Å². The summed E-state index contributed by atoms with van der Waals surface area (Å²) in [5, 5.41) is 2.80. The largest absolute Gasteiger partial charge is 0.497 e. The third kappa shape index (κ3) is 4.98. The van der Waals surface area contributed by atoms with E-state index in [1.165, 1.54) is 7.11 Å². The smallest absolute Gasteiger partial charge is 0.243 e. The summed E-state index contributed by atoms with van der Waals surface area (Å²) in [5.41, 5.74) is 2.47. The molecule has 2 rings (SSSR count). The van der Waals surface area contributed by atoms with Gasteiger partial charge in [-0.05, 0) is 43.7 Å². The van der Waals surface area contributed by atoms with Crippen LogP contribution in [0.3, 0.4) is 0 Å². The van der Waals surface area contributed by atoms with Crippen molar-refractivity contribution in [3.05, 3.63) is 59.7 Å². The van der Waals surface area contributed by atoms with Crippen LogP contribution in [0.5, 0.6) is 5.75 Å². The van der Waals surface area contributed by atoms with Crippen LogP contribution in [0.25, 0.3) is 0 Å². The molecule has 0 aliphatic rings. The normalized spacial score (nSPS) is 12.3. The Morgan fingerprint density at radius 1 is 1.19 bits per heavy atom. The average Bonchev–Trinajstić information content (AvgIpc) is 2.59. The first-order valence-electron chi connectivity index (χ1n) is 8.19. The Morgan fingerprint density at radius 2 is 1.85 bits per heavy atom. The van der Waals surface area contributed by atoms with Gasteiger partial charge in [0.25, 0.3) is 0 Å². The molecule has 0 bridgehead atoms. The number of nitrogens with one attached hydrogen (secondary N) is 1. The number of hydrogen-bond acceptors (Lipinski definition) is 4. The number of amides is 1. The number of aryl methyl sites for hydroxylation is 1. The van der Waals surface area contributed by atoms with Crippen molar-refractivity contribution in [3.8, 4) is 5.75 Å². The van der Waals surface area contributed by atoms with Crippen LogP contribution < -0.4 is 14.4 Å². The maximum absolute atomic E-state index is 12.5. The molecule has 140 valence electrons. The number of nitrogens with zero attached hydrogens (tertiary/aromatic N) is 1. The van der Waals surface area contributed by atoms with Gasteiger partial charge in [0, 0.05) is 6.54 Å². The highest BCUT2D eigenvalue weighted by molar-refractivity contribution is 7.92. The standard InChI is InChI=1S/C19H24N2O4S/c1-14-6-5-7-16(12-14)13-20-19(22)15(2)21(26(4,23)24)17-8-10-18(25-3)11-9-17/h5-12,15H,13H2,1-4H3,(H,20,22). The number of benzene rings is 2. The summed E-state index contributed by atoms with van der Waals surface area (Å²) < 4.78 is 30.7. The van der Waals surface area contributed by atoms with E-state index in [-0.39, 0.29) is 5.91 Å². The summed E-state index contributed by atoms with van der Waals surface area (Å²) in [4.78, 5) is 12.5.